The Labute approximate surface area is 171 Å². The van der Waals surface area contributed by atoms with Crippen molar-refractivity contribution in [1.29, 1.82) is 0 Å². The summed E-state index contributed by atoms with van der Waals surface area (Å²) in [5.41, 5.74) is 3.52. The van der Waals surface area contributed by atoms with Crippen molar-refractivity contribution in [3.63, 3.8) is 0 Å². The van der Waals surface area contributed by atoms with Crippen molar-refractivity contribution in [3.8, 4) is 0 Å². The fourth-order valence-electron chi connectivity index (χ4n) is 4.35. The monoisotopic (exact) mass is 395 g/mol. The van der Waals surface area contributed by atoms with Crippen molar-refractivity contribution in [2.75, 3.05) is 19.6 Å². The third-order valence-corrected chi connectivity index (χ3v) is 6.37. The molecule has 2 amide bonds. The summed E-state index contributed by atoms with van der Waals surface area (Å²) in [6.07, 6.45) is 2.27. The number of benzene rings is 1. The number of carbonyl (C=O) groups excluding carboxylic acids is 2. The number of nitrogens with zero attached hydrogens (tertiary/aromatic N) is 5. The van der Waals surface area contributed by atoms with Crippen molar-refractivity contribution in [3.05, 3.63) is 46.5 Å². The number of rotatable bonds is 3. The van der Waals surface area contributed by atoms with Gasteiger partial charge in [0.05, 0.1) is 13.0 Å². The number of aromatic nitrogens is 3. The molecule has 2 aliphatic rings. The second-order valence-corrected chi connectivity index (χ2v) is 8.32. The first-order chi connectivity index (χ1) is 13.9. The van der Waals surface area contributed by atoms with Gasteiger partial charge < -0.3 is 14.4 Å². The van der Waals surface area contributed by atoms with Gasteiger partial charge in [-0.05, 0) is 43.4 Å². The van der Waals surface area contributed by atoms with Gasteiger partial charge in [0.1, 0.15) is 5.82 Å². The Balaban J connectivity index is 1.40. The van der Waals surface area contributed by atoms with Crippen LogP contribution in [0.3, 0.4) is 0 Å². The van der Waals surface area contributed by atoms with Gasteiger partial charge in [-0.25, -0.2) is 0 Å². The molecule has 0 spiro atoms. The van der Waals surface area contributed by atoms with E-state index in [2.05, 4.69) is 40.7 Å². The average molecular weight is 396 g/mol. The van der Waals surface area contributed by atoms with Gasteiger partial charge in [-0.15, -0.1) is 10.2 Å². The Morgan fingerprint density at radius 1 is 1.00 bits per heavy atom. The van der Waals surface area contributed by atoms with Crippen LogP contribution in [0.15, 0.2) is 18.2 Å². The molecular weight excluding hydrogens is 366 g/mol. The third kappa shape index (κ3) is 4.04. The maximum absolute atomic E-state index is 12.8. The molecule has 0 radical (unpaired) electrons. The normalized spacial score (nSPS) is 17.3. The zero-order valence-corrected chi connectivity index (χ0v) is 17.5. The lowest BCUT2D eigenvalue weighted by molar-refractivity contribution is -0.132. The van der Waals surface area contributed by atoms with Crippen molar-refractivity contribution >= 4 is 11.8 Å². The van der Waals surface area contributed by atoms with E-state index in [9.17, 15) is 9.59 Å². The van der Waals surface area contributed by atoms with Crippen LogP contribution in [-0.4, -0.2) is 56.0 Å². The minimum atomic E-state index is 0.138. The molecule has 2 aliphatic heterocycles. The van der Waals surface area contributed by atoms with Gasteiger partial charge in [-0.3, -0.25) is 9.59 Å². The van der Waals surface area contributed by atoms with Crippen molar-refractivity contribution in [1.82, 2.24) is 24.6 Å². The smallest absolute Gasteiger partial charge is 0.227 e. The summed E-state index contributed by atoms with van der Waals surface area (Å²) in [5.74, 6) is 2.51. The van der Waals surface area contributed by atoms with Gasteiger partial charge in [0, 0.05) is 39.0 Å². The Morgan fingerprint density at radius 2 is 1.76 bits per heavy atom. The maximum atomic E-state index is 12.8. The van der Waals surface area contributed by atoms with Crippen molar-refractivity contribution in [2.45, 2.75) is 59.0 Å². The zero-order valence-electron chi connectivity index (χ0n) is 17.5. The third-order valence-electron chi connectivity index (χ3n) is 6.37. The number of carbonyl (C=O) groups is 2. The van der Waals surface area contributed by atoms with Crippen LogP contribution in [0.2, 0.25) is 0 Å². The molecule has 7 heteroatoms. The number of piperidine rings is 1. The molecule has 1 aromatic heterocycles. The number of hydrogen-bond acceptors (Lipinski definition) is 4. The lowest BCUT2D eigenvalue weighted by Gasteiger charge is -2.32. The number of likely N-dealkylation sites (tertiary alicyclic amines) is 1. The maximum Gasteiger partial charge on any atom is 0.227 e. The highest BCUT2D eigenvalue weighted by Gasteiger charge is 2.30. The molecular formula is C22H29N5O2. The fourth-order valence-corrected chi connectivity index (χ4v) is 4.35. The lowest BCUT2D eigenvalue weighted by Crippen LogP contribution is -2.40. The van der Waals surface area contributed by atoms with E-state index in [1.54, 1.807) is 6.92 Å². The molecule has 0 bridgehead atoms. The molecule has 29 heavy (non-hydrogen) atoms. The standard InChI is InChI=1S/C22H29N5O2/c1-15-4-5-18(12-16(15)2)13-21(29)26-10-11-27-20(14-26)23-24-22(27)19-6-8-25(9-7-19)17(3)28/h4-5,12,19H,6-11,13-14H2,1-3H3. The Bertz CT molecular complexity index is 927. The van der Waals surface area contributed by atoms with Crippen LogP contribution in [0, 0.1) is 13.8 Å². The molecule has 1 fully saturated rings. The minimum Gasteiger partial charge on any atom is -0.343 e. The number of aryl methyl sites for hydroxylation is 2. The van der Waals surface area contributed by atoms with E-state index >= 15 is 0 Å². The molecule has 3 heterocycles. The first-order valence-corrected chi connectivity index (χ1v) is 10.4. The van der Waals surface area contributed by atoms with Gasteiger partial charge in [0.25, 0.3) is 0 Å². The predicted octanol–water partition coefficient (Wildman–Crippen LogP) is 2.21. The molecule has 2 aromatic rings. The van der Waals surface area contributed by atoms with Crippen LogP contribution in [0.4, 0.5) is 0 Å². The summed E-state index contributed by atoms with van der Waals surface area (Å²) in [4.78, 5) is 28.1. The molecule has 0 N–H and O–H groups in total. The van der Waals surface area contributed by atoms with E-state index in [4.69, 9.17) is 0 Å². The van der Waals surface area contributed by atoms with Crippen LogP contribution in [-0.2, 0) is 29.1 Å². The molecule has 1 aromatic carbocycles. The van der Waals surface area contributed by atoms with E-state index in [1.807, 2.05) is 15.9 Å². The van der Waals surface area contributed by atoms with E-state index in [0.29, 0.717) is 25.4 Å². The zero-order chi connectivity index (χ0) is 20.5. The average Bonchev–Trinajstić information content (AvgIpc) is 3.14. The van der Waals surface area contributed by atoms with Gasteiger partial charge >= 0.3 is 0 Å². The second-order valence-electron chi connectivity index (χ2n) is 8.32. The van der Waals surface area contributed by atoms with Crippen molar-refractivity contribution in [2.24, 2.45) is 0 Å². The fraction of sp³-hybridized carbons (Fsp3) is 0.545. The van der Waals surface area contributed by atoms with E-state index in [0.717, 1.165) is 49.7 Å². The van der Waals surface area contributed by atoms with E-state index in [1.165, 1.54) is 11.1 Å². The van der Waals surface area contributed by atoms with Crippen LogP contribution in [0.1, 0.15) is 54.0 Å². The summed E-state index contributed by atoms with van der Waals surface area (Å²) in [5, 5.41) is 8.85. The summed E-state index contributed by atoms with van der Waals surface area (Å²) in [7, 11) is 0. The Morgan fingerprint density at radius 3 is 2.45 bits per heavy atom. The van der Waals surface area contributed by atoms with Crippen LogP contribution >= 0.6 is 0 Å². The SMILES string of the molecule is CC(=O)N1CCC(c2nnc3n2CCN(C(=O)Cc2ccc(C)c(C)c2)C3)CC1. The quantitative estimate of drug-likeness (QED) is 0.799. The summed E-state index contributed by atoms with van der Waals surface area (Å²) >= 11 is 0. The summed E-state index contributed by atoms with van der Waals surface area (Å²) in [6.45, 7) is 9.30. The molecule has 0 atom stereocenters. The Kier molecular flexibility index (Phi) is 5.39. The highest BCUT2D eigenvalue weighted by Crippen LogP contribution is 2.28. The summed E-state index contributed by atoms with van der Waals surface area (Å²) in [6, 6.07) is 6.22. The molecule has 0 saturated carbocycles. The Hall–Kier alpha value is -2.70. The molecule has 154 valence electrons. The largest absolute Gasteiger partial charge is 0.343 e. The summed E-state index contributed by atoms with van der Waals surface area (Å²) < 4.78 is 2.19. The van der Waals surface area contributed by atoms with Gasteiger partial charge in [-0.1, -0.05) is 18.2 Å². The molecule has 7 nitrogen and oxygen atoms in total. The number of hydrogen-bond donors (Lipinski definition) is 0. The first-order valence-electron chi connectivity index (χ1n) is 10.4. The highest BCUT2D eigenvalue weighted by molar-refractivity contribution is 5.79. The van der Waals surface area contributed by atoms with Crippen LogP contribution in [0.25, 0.3) is 0 Å². The predicted molar refractivity (Wildman–Crippen MR) is 109 cm³/mol. The van der Waals surface area contributed by atoms with Gasteiger partial charge in [0.2, 0.25) is 11.8 Å². The second kappa shape index (κ2) is 7.97. The topological polar surface area (TPSA) is 71.3 Å². The molecule has 0 aliphatic carbocycles. The lowest BCUT2D eigenvalue weighted by atomic mass is 9.95. The van der Waals surface area contributed by atoms with Gasteiger partial charge in [-0.2, -0.15) is 0 Å². The molecule has 1 saturated heterocycles. The number of amides is 2. The van der Waals surface area contributed by atoms with Crippen LogP contribution < -0.4 is 0 Å². The minimum absolute atomic E-state index is 0.138. The van der Waals surface area contributed by atoms with E-state index in [-0.39, 0.29) is 11.8 Å². The van der Waals surface area contributed by atoms with E-state index < -0.39 is 0 Å². The first kappa shape index (κ1) is 19.6. The van der Waals surface area contributed by atoms with Crippen molar-refractivity contribution < 1.29 is 9.59 Å². The molecule has 4 rings (SSSR count). The van der Waals surface area contributed by atoms with Crippen LogP contribution in [0.5, 0.6) is 0 Å². The number of fused-ring (bicyclic) bond motifs is 1. The molecule has 0 unspecified atom stereocenters. The highest BCUT2D eigenvalue weighted by atomic mass is 16.2. The van der Waals surface area contributed by atoms with Gasteiger partial charge in [0.15, 0.2) is 5.82 Å².